The summed E-state index contributed by atoms with van der Waals surface area (Å²) >= 11 is 0. The number of halogens is 6. The van der Waals surface area contributed by atoms with Crippen LogP contribution in [0.3, 0.4) is 0 Å². The summed E-state index contributed by atoms with van der Waals surface area (Å²) in [6.07, 6.45) is -4.75. The van der Waals surface area contributed by atoms with Gasteiger partial charge in [0.1, 0.15) is 11.6 Å². The van der Waals surface area contributed by atoms with Gasteiger partial charge >= 0.3 is 12.8 Å². The minimum absolute atomic E-state index is 0.00241. The van der Waals surface area contributed by atoms with E-state index < -0.39 is 44.8 Å². The first-order valence-electron chi connectivity index (χ1n) is 10.9. The van der Waals surface area contributed by atoms with Gasteiger partial charge in [0.15, 0.2) is 0 Å². The molecule has 37 heavy (non-hydrogen) atoms. The van der Waals surface area contributed by atoms with Crippen LogP contribution < -0.4 is 14.4 Å². The standard InChI is InChI=1S/C24H20F6N2O4S/c25-17-11-15(12-18(14-17)36-23(26)27)20-5-2-6-21(22(20)32-7-9-35-10-8-32)31-37(33,34)19-4-1-3-16(13-19)24(28,29)30/h1-6,11-14,23,31H,7-10H2. The number of nitrogens with one attached hydrogen (secondary N) is 1. The van der Waals surface area contributed by atoms with Crippen molar-refractivity contribution < 1.29 is 44.2 Å². The second-order valence-electron chi connectivity index (χ2n) is 7.99. The van der Waals surface area contributed by atoms with Gasteiger partial charge in [0, 0.05) is 24.7 Å². The topological polar surface area (TPSA) is 67.9 Å². The Bertz CT molecular complexity index is 1380. The SMILES string of the molecule is O=S(=O)(Nc1cccc(-c2cc(F)cc(OC(F)F)c2)c1N1CCOCC1)c1cccc(C(F)(F)F)c1. The molecule has 1 N–H and O–H groups in total. The number of alkyl halides is 5. The number of sulfonamides is 1. The molecule has 0 amide bonds. The van der Waals surface area contributed by atoms with Crippen molar-refractivity contribution in [2.75, 3.05) is 35.9 Å². The van der Waals surface area contributed by atoms with E-state index in [-0.39, 0.29) is 35.7 Å². The van der Waals surface area contributed by atoms with E-state index in [1.165, 1.54) is 24.3 Å². The predicted octanol–water partition coefficient (Wildman–Crippen LogP) is 5.75. The fraction of sp³-hybridized carbons (Fsp3) is 0.250. The molecule has 4 rings (SSSR count). The quantitative estimate of drug-likeness (QED) is 0.383. The van der Waals surface area contributed by atoms with Crippen molar-refractivity contribution in [1.29, 1.82) is 0 Å². The minimum Gasteiger partial charge on any atom is -0.435 e. The zero-order valence-electron chi connectivity index (χ0n) is 18.9. The number of hydrogen-bond donors (Lipinski definition) is 1. The molecule has 3 aromatic rings. The molecule has 198 valence electrons. The summed E-state index contributed by atoms with van der Waals surface area (Å²) in [5.41, 5.74) is -0.460. The van der Waals surface area contributed by atoms with Crippen LogP contribution in [0.1, 0.15) is 5.56 Å². The molecule has 3 aromatic carbocycles. The molecule has 0 aromatic heterocycles. The molecular formula is C24H20F6N2O4S. The van der Waals surface area contributed by atoms with E-state index in [2.05, 4.69) is 9.46 Å². The first-order chi connectivity index (χ1) is 17.4. The minimum atomic E-state index is -4.75. The zero-order valence-corrected chi connectivity index (χ0v) is 19.8. The monoisotopic (exact) mass is 546 g/mol. The van der Waals surface area contributed by atoms with Gasteiger partial charge in [0.05, 0.1) is 35.0 Å². The second kappa shape index (κ2) is 10.5. The number of benzene rings is 3. The van der Waals surface area contributed by atoms with Gasteiger partial charge in [-0.2, -0.15) is 22.0 Å². The highest BCUT2D eigenvalue weighted by atomic mass is 32.2. The highest BCUT2D eigenvalue weighted by Gasteiger charge is 2.32. The van der Waals surface area contributed by atoms with Crippen LogP contribution in [0.2, 0.25) is 0 Å². The number of para-hydroxylation sites is 1. The van der Waals surface area contributed by atoms with Crippen LogP contribution in [0.15, 0.2) is 65.6 Å². The van der Waals surface area contributed by atoms with E-state index in [9.17, 15) is 34.8 Å². The van der Waals surface area contributed by atoms with Crippen molar-refractivity contribution in [2.24, 2.45) is 0 Å². The number of morpholine rings is 1. The summed E-state index contributed by atoms with van der Waals surface area (Å²) in [5.74, 6) is -1.30. The van der Waals surface area contributed by atoms with Gasteiger partial charge in [-0.1, -0.05) is 18.2 Å². The van der Waals surface area contributed by atoms with Crippen LogP contribution in [-0.2, 0) is 20.9 Å². The third kappa shape index (κ3) is 6.28. The lowest BCUT2D eigenvalue weighted by atomic mass is 10.0. The van der Waals surface area contributed by atoms with Crippen LogP contribution >= 0.6 is 0 Å². The van der Waals surface area contributed by atoms with Crippen LogP contribution in [0, 0.1) is 5.82 Å². The lowest BCUT2D eigenvalue weighted by Crippen LogP contribution is -2.37. The lowest BCUT2D eigenvalue weighted by Gasteiger charge is -2.32. The molecule has 6 nitrogen and oxygen atoms in total. The fourth-order valence-electron chi connectivity index (χ4n) is 3.92. The van der Waals surface area contributed by atoms with Gasteiger partial charge in [-0.25, -0.2) is 12.8 Å². The number of hydrogen-bond acceptors (Lipinski definition) is 5. The van der Waals surface area contributed by atoms with Crippen molar-refractivity contribution in [1.82, 2.24) is 0 Å². The molecule has 0 bridgehead atoms. The first-order valence-corrected chi connectivity index (χ1v) is 12.3. The summed E-state index contributed by atoms with van der Waals surface area (Å²) in [6, 6.07) is 10.7. The van der Waals surface area contributed by atoms with Gasteiger partial charge in [-0.3, -0.25) is 4.72 Å². The Balaban J connectivity index is 1.81. The van der Waals surface area contributed by atoms with Crippen molar-refractivity contribution in [3.63, 3.8) is 0 Å². The maximum Gasteiger partial charge on any atom is 0.416 e. The van der Waals surface area contributed by atoms with Crippen molar-refractivity contribution >= 4 is 21.4 Å². The smallest absolute Gasteiger partial charge is 0.416 e. The van der Waals surface area contributed by atoms with E-state index >= 15 is 0 Å². The van der Waals surface area contributed by atoms with Gasteiger partial charge < -0.3 is 14.4 Å². The van der Waals surface area contributed by atoms with E-state index in [0.717, 1.165) is 30.3 Å². The summed E-state index contributed by atoms with van der Waals surface area (Å²) in [4.78, 5) is 1.14. The third-order valence-electron chi connectivity index (χ3n) is 5.49. The Labute approximate surface area is 208 Å². The number of anilines is 2. The summed E-state index contributed by atoms with van der Waals surface area (Å²) in [5, 5.41) is 0. The van der Waals surface area contributed by atoms with Crippen molar-refractivity contribution in [2.45, 2.75) is 17.7 Å². The van der Waals surface area contributed by atoms with Gasteiger partial charge in [0.25, 0.3) is 10.0 Å². The Morgan fingerprint density at radius 1 is 0.973 bits per heavy atom. The molecule has 0 radical (unpaired) electrons. The Morgan fingerprint density at radius 2 is 1.68 bits per heavy atom. The largest absolute Gasteiger partial charge is 0.435 e. The molecule has 0 aliphatic carbocycles. The third-order valence-corrected chi connectivity index (χ3v) is 6.85. The Hall–Kier alpha value is -3.45. The van der Waals surface area contributed by atoms with Crippen molar-refractivity contribution in [3.05, 3.63) is 72.0 Å². The Morgan fingerprint density at radius 3 is 2.35 bits per heavy atom. The average Bonchev–Trinajstić information content (AvgIpc) is 2.83. The summed E-state index contributed by atoms with van der Waals surface area (Å²) < 4.78 is 118. The predicted molar refractivity (Wildman–Crippen MR) is 124 cm³/mol. The average molecular weight is 546 g/mol. The highest BCUT2D eigenvalue weighted by molar-refractivity contribution is 7.92. The molecule has 1 aliphatic heterocycles. The molecule has 0 unspecified atom stereocenters. The van der Waals surface area contributed by atoms with E-state index in [0.29, 0.717) is 19.2 Å². The second-order valence-corrected chi connectivity index (χ2v) is 9.67. The maximum atomic E-state index is 14.3. The number of nitrogens with zero attached hydrogens (tertiary/aromatic N) is 1. The molecule has 0 saturated carbocycles. The summed E-state index contributed by atoms with van der Waals surface area (Å²) in [6.45, 7) is -2.00. The van der Waals surface area contributed by atoms with Crippen molar-refractivity contribution in [3.8, 4) is 16.9 Å². The molecule has 0 atom stereocenters. The lowest BCUT2D eigenvalue weighted by molar-refractivity contribution is -0.137. The highest BCUT2D eigenvalue weighted by Crippen LogP contribution is 2.40. The normalized spacial score (nSPS) is 14.6. The van der Waals surface area contributed by atoms with Crippen LogP contribution in [0.4, 0.5) is 37.7 Å². The van der Waals surface area contributed by atoms with Crippen LogP contribution in [0.5, 0.6) is 5.75 Å². The van der Waals surface area contributed by atoms with Crippen LogP contribution in [-0.4, -0.2) is 41.3 Å². The van der Waals surface area contributed by atoms with Gasteiger partial charge in [0.2, 0.25) is 0 Å². The zero-order chi connectivity index (χ0) is 26.8. The Kier molecular flexibility index (Phi) is 7.55. The molecular weight excluding hydrogens is 526 g/mol. The van der Waals surface area contributed by atoms with Crippen LogP contribution in [0.25, 0.3) is 11.1 Å². The molecule has 0 spiro atoms. The van der Waals surface area contributed by atoms with Gasteiger partial charge in [-0.15, -0.1) is 0 Å². The molecule has 13 heteroatoms. The number of ether oxygens (including phenoxy) is 2. The molecule has 1 fully saturated rings. The number of rotatable bonds is 7. The van der Waals surface area contributed by atoms with E-state index in [1.54, 1.807) is 4.90 Å². The fourth-order valence-corrected chi connectivity index (χ4v) is 5.03. The van der Waals surface area contributed by atoms with E-state index in [1.807, 2.05) is 0 Å². The maximum absolute atomic E-state index is 14.3. The molecule has 1 heterocycles. The van der Waals surface area contributed by atoms with E-state index in [4.69, 9.17) is 4.74 Å². The molecule has 1 saturated heterocycles. The van der Waals surface area contributed by atoms with Gasteiger partial charge in [-0.05, 0) is 42.0 Å². The summed E-state index contributed by atoms with van der Waals surface area (Å²) in [7, 11) is -4.49. The first kappa shape index (κ1) is 26.6. The molecule has 1 aliphatic rings.